The van der Waals surface area contributed by atoms with Gasteiger partial charge in [-0.15, -0.1) is 11.8 Å². The van der Waals surface area contributed by atoms with Crippen molar-refractivity contribution in [2.45, 2.75) is 57.1 Å². The summed E-state index contributed by atoms with van der Waals surface area (Å²) in [6.45, 7) is 5.20. The van der Waals surface area contributed by atoms with E-state index in [4.69, 9.17) is 0 Å². The summed E-state index contributed by atoms with van der Waals surface area (Å²) < 4.78 is 13.2. The van der Waals surface area contributed by atoms with Gasteiger partial charge in [0.1, 0.15) is 18.0 Å². The molecule has 3 aliphatic rings. The van der Waals surface area contributed by atoms with Crippen molar-refractivity contribution in [3.05, 3.63) is 47.1 Å². The monoisotopic (exact) mass is 503 g/mol. The number of halogens is 1. The van der Waals surface area contributed by atoms with E-state index in [1.807, 2.05) is 18.7 Å². The van der Waals surface area contributed by atoms with E-state index in [2.05, 4.69) is 16.8 Å². The topological polar surface area (TPSA) is 76.2 Å². The standard InChI is InChI=1S/C25H34FN5O3S/c1-17(2)13-21-24(33)29(11-10-20-5-4-12-35-20)15-22-30(21)23(32)16-28(3)31(22)25(34)27-14-18-6-8-19(26)9-7-18/h4,6-9,12,17,20-22H,5,10-11,13-16H2,1-3H3,(H,27,34)/t20?,21-,22-/m0/s1. The van der Waals surface area contributed by atoms with Crippen molar-refractivity contribution < 1.29 is 18.8 Å². The average molecular weight is 504 g/mol. The molecule has 8 nitrogen and oxygen atoms in total. The van der Waals surface area contributed by atoms with Gasteiger partial charge >= 0.3 is 6.03 Å². The van der Waals surface area contributed by atoms with E-state index < -0.39 is 12.2 Å². The highest BCUT2D eigenvalue weighted by molar-refractivity contribution is 8.03. The molecule has 3 heterocycles. The molecule has 190 valence electrons. The number of hydrogen-bond donors (Lipinski definition) is 1. The molecule has 0 saturated carbocycles. The summed E-state index contributed by atoms with van der Waals surface area (Å²) in [6.07, 6.45) is 3.98. The summed E-state index contributed by atoms with van der Waals surface area (Å²) in [5.41, 5.74) is 0.771. The molecule has 2 fully saturated rings. The number of nitrogens with one attached hydrogen (secondary N) is 1. The first-order chi connectivity index (χ1) is 16.7. The zero-order valence-electron chi connectivity index (χ0n) is 20.5. The maximum absolute atomic E-state index is 13.5. The third-order valence-electron chi connectivity index (χ3n) is 6.69. The SMILES string of the molecule is CC(C)C[C@H]1C(=O)N(CCC2CC=CS2)C[C@H]2N1C(=O)CN(C)N2C(=O)NCc1ccc(F)cc1. The van der Waals surface area contributed by atoms with Gasteiger partial charge in [0.05, 0.1) is 13.1 Å². The fraction of sp³-hybridized carbons (Fsp3) is 0.560. The zero-order chi connectivity index (χ0) is 25.1. The largest absolute Gasteiger partial charge is 0.337 e. The van der Waals surface area contributed by atoms with Crippen molar-refractivity contribution in [1.82, 2.24) is 25.1 Å². The van der Waals surface area contributed by atoms with Crippen LogP contribution in [0.25, 0.3) is 0 Å². The van der Waals surface area contributed by atoms with Gasteiger partial charge in [-0.25, -0.2) is 19.2 Å². The fourth-order valence-corrected chi connectivity index (χ4v) is 5.87. The highest BCUT2D eigenvalue weighted by atomic mass is 32.2. The molecular weight excluding hydrogens is 469 g/mol. The number of benzene rings is 1. The normalized spacial score (nSPS) is 24.9. The van der Waals surface area contributed by atoms with Crippen LogP contribution in [-0.2, 0) is 16.1 Å². The van der Waals surface area contributed by atoms with Gasteiger partial charge < -0.3 is 15.1 Å². The Hall–Kier alpha value is -2.59. The molecule has 0 bridgehead atoms. The van der Waals surface area contributed by atoms with Gasteiger partial charge in [0.2, 0.25) is 11.8 Å². The quantitative estimate of drug-likeness (QED) is 0.619. The lowest BCUT2D eigenvalue weighted by Crippen LogP contribution is -2.76. The summed E-state index contributed by atoms with van der Waals surface area (Å²) >= 11 is 1.79. The maximum Gasteiger partial charge on any atom is 0.334 e. The van der Waals surface area contributed by atoms with Gasteiger partial charge in [-0.2, -0.15) is 0 Å². The Morgan fingerprint density at radius 2 is 1.97 bits per heavy atom. The van der Waals surface area contributed by atoms with Crippen LogP contribution in [-0.4, -0.2) is 81.8 Å². The molecular formula is C25H34FN5O3S. The molecule has 1 aromatic carbocycles. The number of carbonyl (C=O) groups excluding carboxylic acids is 3. The second-order valence-electron chi connectivity index (χ2n) is 9.81. The van der Waals surface area contributed by atoms with E-state index in [9.17, 15) is 18.8 Å². The van der Waals surface area contributed by atoms with E-state index >= 15 is 0 Å². The van der Waals surface area contributed by atoms with Crippen LogP contribution in [0.1, 0.15) is 38.7 Å². The predicted octanol–water partition coefficient (Wildman–Crippen LogP) is 3.02. The van der Waals surface area contributed by atoms with Crippen LogP contribution in [0.15, 0.2) is 35.7 Å². The summed E-state index contributed by atoms with van der Waals surface area (Å²) in [5.74, 6) is -0.294. The number of amides is 4. The van der Waals surface area contributed by atoms with Crippen LogP contribution in [0, 0.1) is 11.7 Å². The van der Waals surface area contributed by atoms with E-state index in [-0.39, 0.29) is 49.2 Å². The molecule has 3 aliphatic heterocycles. The number of piperazine rings is 1. The van der Waals surface area contributed by atoms with Gasteiger partial charge in [0, 0.05) is 25.4 Å². The molecule has 2 saturated heterocycles. The molecule has 1 aromatic rings. The zero-order valence-corrected chi connectivity index (χ0v) is 21.3. The summed E-state index contributed by atoms with van der Waals surface area (Å²) in [5, 5.41) is 8.64. The predicted molar refractivity (Wildman–Crippen MR) is 133 cm³/mol. The van der Waals surface area contributed by atoms with Crippen molar-refractivity contribution in [3.8, 4) is 0 Å². The summed E-state index contributed by atoms with van der Waals surface area (Å²) in [4.78, 5) is 43.4. The van der Waals surface area contributed by atoms with Crippen LogP contribution >= 0.6 is 11.8 Å². The second kappa shape index (κ2) is 11.0. The Balaban J connectivity index is 1.53. The highest BCUT2D eigenvalue weighted by Gasteiger charge is 2.50. The molecule has 1 N–H and O–H groups in total. The third kappa shape index (κ3) is 5.81. The Kier molecular flexibility index (Phi) is 8.01. The van der Waals surface area contributed by atoms with Gasteiger partial charge in [0.15, 0.2) is 0 Å². The number of nitrogens with zero attached hydrogens (tertiary/aromatic N) is 4. The Labute approximate surface area is 210 Å². The van der Waals surface area contributed by atoms with E-state index in [1.165, 1.54) is 12.1 Å². The minimum atomic E-state index is -0.586. The van der Waals surface area contributed by atoms with Crippen LogP contribution in [0.5, 0.6) is 0 Å². The minimum absolute atomic E-state index is 0.0206. The molecule has 4 rings (SSSR count). The molecule has 35 heavy (non-hydrogen) atoms. The lowest BCUT2D eigenvalue weighted by molar-refractivity contribution is -0.188. The Bertz CT molecular complexity index is 964. The maximum atomic E-state index is 13.5. The number of hydrogen-bond acceptors (Lipinski definition) is 5. The van der Waals surface area contributed by atoms with Crippen LogP contribution < -0.4 is 5.32 Å². The first kappa shape index (κ1) is 25.5. The lowest BCUT2D eigenvalue weighted by atomic mass is 9.97. The molecule has 0 aliphatic carbocycles. The molecule has 0 aromatic heterocycles. The summed E-state index contributed by atoms with van der Waals surface area (Å²) in [6, 6.07) is 5.02. The number of rotatable bonds is 7. The third-order valence-corrected chi connectivity index (χ3v) is 7.85. The number of likely N-dealkylation sites (N-methyl/N-ethyl adjacent to an activating group) is 1. The van der Waals surface area contributed by atoms with Crippen molar-refractivity contribution in [3.63, 3.8) is 0 Å². The number of hydrazine groups is 1. The van der Waals surface area contributed by atoms with Crippen molar-refractivity contribution >= 4 is 29.6 Å². The molecule has 1 unspecified atom stereocenters. The van der Waals surface area contributed by atoms with Crippen LogP contribution in [0.4, 0.5) is 9.18 Å². The number of urea groups is 1. The first-order valence-corrected chi connectivity index (χ1v) is 13.1. The van der Waals surface area contributed by atoms with E-state index in [1.54, 1.807) is 45.9 Å². The minimum Gasteiger partial charge on any atom is -0.337 e. The van der Waals surface area contributed by atoms with Gasteiger partial charge in [-0.05, 0) is 48.3 Å². The molecule has 0 radical (unpaired) electrons. The molecule has 10 heteroatoms. The molecule has 3 atom stereocenters. The average Bonchev–Trinajstić information content (AvgIpc) is 3.32. The fourth-order valence-electron chi connectivity index (χ4n) is 4.96. The molecule has 4 amide bonds. The van der Waals surface area contributed by atoms with E-state index in [0.29, 0.717) is 18.2 Å². The number of fused-ring (bicyclic) bond motifs is 1. The van der Waals surface area contributed by atoms with Crippen molar-refractivity contribution in [1.29, 1.82) is 0 Å². The Morgan fingerprint density at radius 3 is 2.63 bits per heavy atom. The first-order valence-electron chi connectivity index (χ1n) is 12.2. The summed E-state index contributed by atoms with van der Waals surface area (Å²) in [7, 11) is 1.71. The smallest absolute Gasteiger partial charge is 0.334 e. The van der Waals surface area contributed by atoms with Gasteiger partial charge in [-0.1, -0.05) is 32.1 Å². The van der Waals surface area contributed by atoms with Gasteiger partial charge in [-0.3, -0.25) is 9.59 Å². The van der Waals surface area contributed by atoms with Crippen molar-refractivity contribution in [2.75, 3.05) is 26.7 Å². The lowest BCUT2D eigenvalue weighted by Gasteiger charge is -2.54. The number of thioether (sulfide) groups is 1. The van der Waals surface area contributed by atoms with Crippen LogP contribution in [0.3, 0.4) is 0 Å². The van der Waals surface area contributed by atoms with Gasteiger partial charge in [0.25, 0.3) is 0 Å². The second-order valence-corrected chi connectivity index (χ2v) is 11.0. The van der Waals surface area contributed by atoms with E-state index in [0.717, 1.165) is 18.4 Å². The van der Waals surface area contributed by atoms with Crippen LogP contribution in [0.2, 0.25) is 0 Å². The number of allylic oxidation sites excluding steroid dienone is 1. The van der Waals surface area contributed by atoms with Crippen molar-refractivity contribution in [2.24, 2.45) is 5.92 Å². The highest BCUT2D eigenvalue weighted by Crippen LogP contribution is 2.31. The number of carbonyl (C=O) groups is 3. The Morgan fingerprint density at radius 1 is 1.23 bits per heavy atom. The molecule has 0 spiro atoms.